The van der Waals surface area contributed by atoms with Crippen molar-refractivity contribution >= 4 is 8.60 Å². The van der Waals surface area contributed by atoms with Crippen LogP contribution < -0.4 is 0 Å². The molecule has 0 amide bonds. The molecule has 0 heterocycles. The third-order valence-corrected chi connectivity index (χ3v) is 4.80. The topological polar surface area (TPSA) is 27.7 Å². The second-order valence-electron chi connectivity index (χ2n) is 5.25. The van der Waals surface area contributed by atoms with E-state index in [1.54, 1.807) is 0 Å². The van der Waals surface area contributed by atoms with E-state index in [-0.39, 0.29) is 0 Å². The molecule has 114 valence electrons. The van der Waals surface area contributed by atoms with Crippen LogP contribution in [0.4, 0.5) is 0 Å². The van der Waals surface area contributed by atoms with E-state index >= 15 is 0 Å². The fourth-order valence-electron chi connectivity index (χ4n) is 2.34. The summed E-state index contributed by atoms with van der Waals surface area (Å²) < 4.78 is 17.3. The first kappa shape index (κ1) is 17.4. The number of hydrogen-bond acceptors (Lipinski definition) is 3. The molecule has 1 atom stereocenters. The van der Waals surface area contributed by atoms with Crippen molar-refractivity contribution in [1.29, 1.82) is 0 Å². The molecule has 1 saturated carbocycles. The lowest BCUT2D eigenvalue weighted by molar-refractivity contribution is 0.122. The molecule has 0 radical (unpaired) electrons. The van der Waals surface area contributed by atoms with Crippen molar-refractivity contribution in [2.75, 3.05) is 13.2 Å². The molecule has 3 nitrogen and oxygen atoms in total. The van der Waals surface area contributed by atoms with Gasteiger partial charge in [-0.15, -0.1) is 0 Å². The van der Waals surface area contributed by atoms with Gasteiger partial charge in [-0.2, -0.15) is 0 Å². The standard InChI is InChI=1S/C15H31O3P/c1-3-5-6-7-8-11-14-17-19(16-4-2)18-15-12-9-10-13-15/h15H,3-14H2,1-2H3. The second-order valence-corrected chi connectivity index (χ2v) is 6.43. The van der Waals surface area contributed by atoms with Crippen molar-refractivity contribution < 1.29 is 13.6 Å². The van der Waals surface area contributed by atoms with E-state index < -0.39 is 8.60 Å². The fourth-order valence-corrected chi connectivity index (χ4v) is 3.48. The average Bonchev–Trinajstić information content (AvgIpc) is 2.91. The second kappa shape index (κ2) is 12.1. The van der Waals surface area contributed by atoms with Crippen LogP contribution in [0.25, 0.3) is 0 Å². The normalized spacial score (nSPS) is 18.0. The van der Waals surface area contributed by atoms with Crippen molar-refractivity contribution in [2.45, 2.75) is 84.2 Å². The van der Waals surface area contributed by atoms with Crippen molar-refractivity contribution in [3.63, 3.8) is 0 Å². The molecule has 0 N–H and O–H groups in total. The zero-order valence-corrected chi connectivity index (χ0v) is 13.6. The minimum Gasteiger partial charge on any atom is -0.313 e. The first-order valence-corrected chi connectivity index (χ1v) is 9.19. The van der Waals surface area contributed by atoms with Crippen LogP contribution in [0.3, 0.4) is 0 Å². The molecule has 1 aliphatic carbocycles. The minimum atomic E-state index is -1.10. The summed E-state index contributed by atoms with van der Waals surface area (Å²) in [7, 11) is -1.10. The molecule has 0 bridgehead atoms. The van der Waals surface area contributed by atoms with Crippen molar-refractivity contribution in [2.24, 2.45) is 0 Å². The van der Waals surface area contributed by atoms with Gasteiger partial charge in [-0.1, -0.05) is 51.9 Å². The van der Waals surface area contributed by atoms with Gasteiger partial charge in [-0.3, -0.25) is 0 Å². The molecule has 1 aliphatic rings. The van der Waals surface area contributed by atoms with E-state index in [9.17, 15) is 0 Å². The summed E-state index contributed by atoms with van der Waals surface area (Å²) in [5.41, 5.74) is 0. The van der Waals surface area contributed by atoms with Gasteiger partial charge in [0.2, 0.25) is 0 Å². The molecule has 4 heteroatoms. The number of rotatable bonds is 12. The Balaban J connectivity index is 2.01. The predicted molar refractivity (Wildman–Crippen MR) is 81.2 cm³/mol. The molecule has 0 saturated heterocycles. The molecular weight excluding hydrogens is 259 g/mol. The number of unbranched alkanes of at least 4 members (excludes halogenated alkanes) is 5. The van der Waals surface area contributed by atoms with Gasteiger partial charge in [0.1, 0.15) is 0 Å². The van der Waals surface area contributed by atoms with Gasteiger partial charge in [0.05, 0.1) is 19.3 Å². The van der Waals surface area contributed by atoms with E-state index in [1.807, 2.05) is 6.92 Å². The van der Waals surface area contributed by atoms with Crippen molar-refractivity contribution in [1.82, 2.24) is 0 Å². The van der Waals surface area contributed by atoms with E-state index in [2.05, 4.69) is 6.92 Å². The molecule has 0 aliphatic heterocycles. The largest absolute Gasteiger partial charge is 0.332 e. The van der Waals surface area contributed by atoms with Crippen LogP contribution in [-0.2, 0) is 13.6 Å². The Hall–Kier alpha value is 0.310. The van der Waals surface area contributed by atoms with Crippen LogP contribution in [0.2, 0.25) is 0 Å². The third-order valence-electron chi connectivity index (χ3n) is 3.47. The minimum absolute atomic E-state index is 0.377. The molecule has 0 aromatic rings. The van der Waals surface area contributed by atoms with Crippen LogP contribution in [0.15, 0.2) is 0 Å². The van der Waals surface area contributed by atoms with Crippen LogP contribution >= 0.6 is 8.60 Å². The summed E-state index contributed by atoms with van der Waals surface area (Å²) in [6.45, 7) is 5.71. The van der Waals surface area contributed by atoms with Gasteiger partial charge in [0, 0.05) is 0 Å². The monoisotopic (exact) mass is 290 g/mol. The third kappa shape index (κ3) is 8.96. The Kier molecular flexibility index (Phi) is 11.0. The SMILES string of the molecule is CCCCCCCCOP(OCC)OC1CCCC1. The molecule has 19 heavy (non-hydrogen) atoms. The molecule has 0 aromatic carbocycles. The molecular formula is C15H31O3P. The predicted octanol–water partition coefficient (Wildman–Crippen LogP) is 5.59. The Morgan fingerprint density at radius 2 is 1.58 bits per heavy atom. The maximum Gasteiger partial charge on any atom is 0.332 e. The maximum atomic E-state index is 5.92. The van der Waals surface area contributed by atoms with Crippen molar-refractivity contribution in [3.05, 3.63) is 0 Å². The van der Waals surface area contributed by atoms with Crippen LogP contribution in [0.1, 0.15) is 78.1 Å². The molecule has 1 rings (SSSR count). The highest BCUT2D eigenvalue weighted by Gasteiger charge is 2.22. The summed E-state index contributed by atoms with van der Waals surface area (Å²) in [5, 5.41) is 0. The molecule has 1 fully saturated rings. The average molecular weight is 290 g/mol. The highest BCUT2D eigenvalue weighted by molar-refractivity contribution is 7.41. The lowest BCUT2D eigenvalue weighted by Crippen LogP contribution is -2.07. The van der Waals surface area contributed by atoms with E-state index in [4.69, 9.17) is 13.6 Å². The first-order valence-electron chi connectivity index (χ1n) is 8.09. The smallest absolute Gasteiger partial charge is 0.313 e. The van der Waals surface area contributed by atoms with Crippen LogP contribution in [0, 0.1) is 0 Å². The summed E-state index contributed by atoms with van der Waals surface area (Å²) in [4.78, 5) is 0. The van der Waals surface area contributed by atoms with Gasteiger partial charge in [0.15, 0.2) is 0 Å². The lowest BCUT2D eigenvalue weighted by Gasteiger charge is -2.19. The van der Waals surface area contributed by atoms with Gasteiger partial charge in [-0.25, -0.2) is 0 Å². The molecule has 0 spiro atoms. The lowest BCUT2D eigenvalue weighted by atomic mass is 10.1. The Morgan fingerprint density at radius 3 is 2.26 bits per heavy atom. The highest BCUT2D eigenvalue weighted by atomic mass is 31.2. The summed E-state index contributed by atoms with van der Waals surface area (Å²) in [6.07, 6.45) is 13.0. The van der Waals surface area contributed by atoms with E-state index in [1.165, 1.54) is 57.8 Å². The van der Waals surface area contributed by atoms with Crippen molar-refractivity contribution in [3.8, 4) is 0 Å². The summed E-state index contributed by atoms with van der Waals surface area (Å²) in [5.74, 6) is 0. The first-order chi connectivity index (χ1) is 9.36. The zero-order valence-electron chi connectivity index (χ0n) is 12.7. The van der Waals surface area contributed by atoms with Crippen LogP contribution in [-0.4, -0.2) is 19.3 Å². The Labute approximate surface area is 120 Å². The highest BCUT2D eigenvalue weighted by Crippen LogP contribution is 2.44. The maximum absolute atomic E-state index is 5.92. The number of hydrogen-bond donors (Lipinski definition) is 0. The zero-order chi connectivity index (χ0) is 13.8. The quantitative estimate of drug-likeness (QED) is 0.346. The molecule has 0 aromatic heterocycles. The van der Waals surface area contributed by atoms with Gasteiger partial charge in [-0.05, 0) is 26.2 Å². The van der Waals surface area contributed by atoms with Gasteiger partial charge in [0.25, 0.3) is 0 Å². The Morgan fingerprint density at radius 1 is 0.895 bits per heavy atom. The summed E-state index contributed by atoms with van der Waals surface area (Å²) >= 11 is 0. The van der Waals surface area contributed by atoms with Crippen LogP contribution in [0.5, 0.6) is 0 Å². The fraction of sp³-hybridized carbons (Fsp3) is 1.00. The van der Waals surface area contributed by atoms with E-state index in [0.29, 0.717) is 12.7 Å². The van der Waals surface area contributed by atoms with E-state index in [0.717, 1.165) is 13.0 Å². The summed E-state index contributed by atoms with van der Waals surface area (Å²) in [6, 6.07) is 0. The van der Waals surface area contributed by atoms with Gasteiger partial charge >= 0.3 is 8.60 Å². The van der Waals surface area contributed by atoms with Gasteiger partial charge < -0.3 is 13.6 Å². The molecule has 1 unspecified atom stereocenters. The Bertz CT molecular complexity index is 196.